The van der Waals surface area contributed by atoms with E-state index in [9.17, 15) is 4.79 Å². The maximum Gasteiger partial charge on any atom is 0.410 e. The summed E-state index contributed by atoms with van der Waals surface area (Å²) in [4.78, 5) is 13.9. The van der Waals surface area contributed by atoms with Gasteiger partial charge < -0.3 is 15.0 Å². The van der Waals surface area contributed by atoms with Crippen LogP contribution in [0, 0.1) is 11.8 Å². The van der Waals surface area contributed by atoms with Crippen molar-refractivity contribution in [3.63, 3.8) is 0 Å². The number of carbonyl (C=O) groups excluding carboxylic acids is 1. The van der Waals surface area contributed by atoms with Crippen LogP contribution in [0.5, 0.6) is 0 Å². The van der Waals surface area contributed by atoms with Gasteiger partial charge in [0.15, 0.2) is 0 Å². The smallest absolute Gasteiger partial charge is 0.410 e. The number of ether oxygens (including phenoxy) is 1. The Balaban J connectivity index is 1.96. The van der Waals surface area contributed by atoms with Crippen LogP contribution in [0.25, 0.3) is 0 Å². The standard InChI is InChI=1S/C13H24N2O2/c1-9-7-15(12(16)17-13(2,3)4)8-10-5-6-14-11(9)10/h9-11,14H,5-8H2,1-4H3. The third-order valence-electron chi connectivity index (χ3n) is 3.63. The number of hydrogen-bond donors (Lipinski definition) is 1. The molecular weight excluding hydrogens is 216 g/mol. The second-order valence-electron chi connectivity index (χ2n) is 6.39. The Morgan fingerprint density at radius 1 is 1.35 bits per heavy atom. The molecule has 0 radical (unpaired) electrons. The minimum Gasteiger partial charge on any atom is -0.444 e. The molecule has 0 aromatic heterocycles. The third kappa shape index (κ3) is 2.92. The summed E-state index contributed by atoms with van der Waals surface area (Å²) in [5, 5.41) is 3.54. The van der Waals surface area contributed by atoms with Crippen molar-refractivity contribution in [3.8, 4) is 0 Å². The van der Waals surface area contributed by atoms with Crippen LogP contribution in [0.15, 0.2) is 0 Å². The highest BCUT2D eigenvalue weighted by Crippen LogP contribution is 2.29. The quantitative estimate of drug-likeness (QED) is 0.702. The lowest BCUT2D eigenvalue weighted by atomic mass is 9.86. The van der Waals surface area contributed by atoms with Crippen LogP contribution < -0.4 is 5.32 Å². The first-order valence-electron chi connectivity index (χ1n) is 6.58. The van der Waals surface area contributed by atoms with Crippen LogP contribution in [0.1, 0.15) is 34.1 Å². The van der Waals surface area contributed by atoms with Gasteiger partial charge in [0.2, 0.25) is 0 Å². The molecule has 2 saturated heterocycles. The SMILES string of the molecule is CC1CN(C(=O)OC(C)(C)C)CC2CCNC12. The van der Waals surface area contributed by atoms with Crippen molar-refractivity contribution in [2.45, 2.75) is 45.8 Å². The van der Waals surface area contributed by atoms with E-state index in [1.54, 1.807) is 0 Å². The average molecular weight is 240 g/mol. The first-order chi connectivity index (χ1) is 7.87. The van der Waals surface area contributed by atoms with Gasteiger partial charge in [-0.15, -0.1) is 0 Å². The van der Waals surface area contributed by atoms with E-state index in [0.717, 1.165) is 19.6 Å². The van der Waals surface area contributed by atoms with Crippen LogP contribution in [-0.4, -0.2) is 42.3 Å². The number of piperidine rings is 1. The summed E-state index contributed by atoms with van der Waals surface area (Å²) in [6.07, 6.45) is 1.02. The first kappa shape index (κ1) is 12.7. The number of likely N-dealkylation sites (tertiary alicyclic amines) is 1. The second-order valence-corrected chi connectivity index (χ2v) is 6.39. The van der Waals surface area contributed by atoms with Gasteiger partial charge in [-0.05, 0) is 45.6 Å². The van der Waals surface area contributed by atoms with E-state index >= 15 is 0 Å². The van der Waals surface area contributed by atoms with E-state index in [1.807, 2.05) is 25.7 Å². The predicted octanol–water partition coefficient (Wildman–Crippen LogP) is 1.85. The van der Waals surface area contributed by atoms with Crippen LogP contribution >= 0.6 is 0 Å². The van der Waals surface area contributed by atoms with Crippen molar-refractivity contribution in [3.05, 3.63) is 0 Å². The lowest BCUT2D eigenvalue weighted by Crippen LogP contribution is -2.52. The van der Waals surface area contributed by atoms with Crippen LogP contribution in [0.3, 0.4) is 0 Å². The number of fused-ring (bicyclic) bond motifs is 1. The number of amides is 1. The zero-order valence-corrected chi connectivity index (χ0v) is 11.3. The fourth-order valence-electron chi connectivity index (χ4n) is 2.95. The van der Waals surface area contributed by atoms with E-state index in [2.05, 4.69) is 12.2 Å². The lowest BCUT2D eigenvalue weighted by Gasteiger charge is -2.39. The normalized spacial score (nSPS) is 33.4. The van der Waals surface area contributed by atoms with Crippen molar-refractivity contribution < 1.29 is 9.53 Å². The molecule has 0 spiro atoms. The molecule has 98 valence electrons. The molecule has 3 atom stereocenters. The van der Waals surface area contributed by atoms with Crippen LogP contribution in [-0.2, 0) is 4.74 Å². The molecule has 0 aliphatic carbocycles. The summed E-state index contributed by atoms with van der Waals surface area (Å²) >= 11 is 0. The molecular formula is C13H24N2O2. The highest BCUT2D eigenvalue weighted by molar-refractivity contribution is 5.68. The molecule has 0 aromatic rings. The Hall–Kier alpha value is -0.770. The molecule has 4 nitrogen and oxygen atoms in total. The van der Waals surface area contributed by atoms with Gasteiger partial charge in [-0.25, -0.2) is 4.79 Å². The van der Waals surface area contributed by atoms with Gasteiger partial charge in [-0.3, -0.25) is 0 Å². The highest BCUT2D eigenvalue weighted by atomic mass is 16.6. The van der Waals surface area contributed by atoms with E-state index in [4.69, 9.17) is 4.74 Å². The topological polar surface area (TPSA) is 41.6 Å². The minimum absolute atomic E-state index is 0.158. The van der Waals surface area contributed by atoms with Gasteiger partial charge in [0.05, 0.1) is 0 Å². The fourth-order valence-corrected chi connectivity index (χ4v) is 2.95. The predicted molar refractivity (Wildman–Crippen MR) is 66.9 cm³/mol. The molecule has 4 heteroatoms. The van der Waals surface area contributed by atoms with Crippen molar-refractivity contribution >= 4 is 6.09 Å². The summed E-state index contributed by atoms with van der Waals surface area (Å²) < 4.78 is 5.44. The van der Waals surface area contributed by atoms with Gasteiger partial charge in [0.1, 0.15) is 5.60 Å². The second kappa shape index (κ2) is 4.48. The molecule has 2 heterocycles. The molecule has 2 rings (SSSR count). The maximum absolute atomic E-state index is 12.0. The molecule has 2 fully saturated rings. The summed E-state index contributed by atoms with van der Waals surface area (Å²) in [6.45, 7) is 10.7. The third-order valence-corrected chi connectivity index (χ3v) is 3.63. The number of hydrogen-bond acceptors (Lipinski definition) is 3. The van der Waals surface area contributed by atoms with Gasteiger partial charge in [0, 0.05) is 19.1 Å². The van der Waals surface area contributed by atoms with Crippen molar-refractivity contribution in [1.82, 2.24) is 10.2 Å². The van der Waals surface area contributed by atoms with Gasteiger partial charge in [-0.2, -0.15) is 0 Å². The molecule has 17 heavy (non-hydrogen) atoms. The molecule has 2 aliphatic heterocycles. The largest absolute Gasteiger partial charge is 0.444 e. The zero-order valence-electron chi connectivity index (χ0n) is 11.3. The summed E-state index contributed by atoms with van der Waals surface area (Å²) in [5.74, 6) is 1.12. The van der Waals surface area contributed by atoms with E-state index in [1.165, 1.54) is 6.42 Å². The number of nitrogens with zero attached hydrogens (tertiary/aromatic N) is 1. The minimum atomic E-state index is -0.398. The molecule has 1 amide bonds. The Morgan fingerprint density at radius 3 is 2.71 bits per heavy atom. The maximum atomic E-state index is 12.0. The van der Waals surface area contributed by atoms with E-state index in [0.29, 0.717) is 17.9 Å². The number of rotatable bonds is 0. The Bertz CT molecular complexity index is 298. The Kier molecular flexibility index (Phi) is 3.34. The van der Waals surface area contributed by atoms with E-state index < -0.39 is 5.60 Å². The molecule has 1 N–H and O–H groups in total. The average Bonchev–Trinajstić information content (AvgIpc) is 2.63. The molecule has 0 bridgehead atoms. The molecule has 3 unspecified atom stereocenters. The number of nitrogens with one attached hydrogen (secondary N) is 1. The monoisotopic (exact) mass is 240 g/mol. The molecule has 0 aromatic carbocycles. The van der Waals surface area contributed by atoms with Crippen molar-refractivity contribution in [2.75, 3.05) is 19.6 Å². The molecule has 2 aliphatic rings. The zero-order chi connectivity index (χ0) is 12.6. The molecule has 0 saturated carbocycles. The Morgan fingerprint density at radius 2 is 2.06 bits per heavy atom. The highest BCUT2D eigenvalue weighted by Gasteiger charge is 2.39. The Labute approximate surface area is 104 Å². The first-order valence-corrected chi connectivity index (χ1v) is 6.58. The van der Waals surface area contributed by atoms with Crippen molar-refractivity contribution in [1.29, 1.82) is 0 Å². The lowest BCUT2D eigenvalue weighted by molar-refractivity contribution is 0.00891. The van der Waals surface area contributed by atoms with Crippen LogP contribution in [0.2, 0.25) is 0 Å². The summed E-state index contributed by atoms with van der Waals surface area (Å²) in [6, 6.07) is 0.591. The van der Waals surface area contributed by atoms with Gasteiger partial charge in [0.25, 0.3) is 0 Å². The van der Waals surface area contributed by atoms with E-state index in [-0.39, 0.29) is 6.09 Å². The summed E-state index contributed by atoms with van der Waals surface area (Å²) in [5.41, 5.74) is -0.398. The van der Waals surface area contributed by atoms with Gasteiger partial charge >= 0.3 is 6.09 Å². The summed E-state index contributed by atoms with van der Waals surface area (Å²) in [7, 11) is 0. The number of carbonyl (C=O) groups is 1. The fraction of sp³-hybridized carbons (Fsp3) is 0.923. The van der Waals surface area contributed by atoms with Gasteiger partial charge in [-0.1, -0.05) is 6.92 Å². The van der Waals surface area contributed by atoms with Crippen molar-refractivity contribution in [2.24, 2.45) is 11.8 Å². The van der Waals surface area contributed by atoms with Crippen LogP contribution in [0.4, 0.5) is 4.79 Å².